The maximum Gasteiger partial charge on any atom is 0.303 e. The van der Waals surface area contributed by atoms with Crippen molar-refractivity contribution in [2.75, 3.05) is 18.0 Å². The Balaban J connectivity index is 2.12. The molecule has 0 radical (unpaired) electrons. The number of nitrogens with zero attached hydrogens (tertiary/aromatic N) is 1. The summed E-state index contributed by atoms with van der Waals surface area (Å²) in [5.74, 6) is -1.97. The van der Waals surface area contributed by atoms with Gasteiger partial charge < -0.3 is 15.7 Å². The Hall–Kier alpha value is -2.11. The molecule has 5 nitrogen and oxygen atoms in total. The number of hydrogen-bond donors (Lipinski definition) is 2. The Kier molecular flexibility index (Phi) is 4.22. The fourth-order valence-corrected chi connectivity index (χ4v) is 2.63. The molecule has 3 N–H and O–H groups in total. The maximum atomic E-state index is 13.7. The summed E-state index contributed by atoms with van der Waals surface area (Å²) in [7, 11) is 0. The molecule has 0 aliphatic carbocycles. The molecule has 0 spiro atoms. The van der Waals surface area contributed by atoms with Gasteiger partial charge in [-0.05, 0) is 30.9 Å². The summed E-state index contributed by atoms with van der Waals surface area (Å²) in [5.41, 5.74) is 5.64. The lowest BCUT2D eigenvalue weighted by Gasteiger charge is -2.21. The normalized spacial score (nSPS) is 18.2. The fraction of sp³-hybridized carbons (Fsp3) is 0.429. The molecule has 1 aliphatic heterocycles. The third-order valence-corrected chi connectivity index (χ3v) is 3.63. The molecule has 0 saturated carbocycles. The van der Waals surface area contributed by atoms with E-state index in [-0.39, 0.29) is 17.9 Å². The average Bonchev–Trinajstić information content (AvgIpc) is 2.84. The van der Waals surface area contributed by atoms with E-state index >= 15 is 0 Å². The smallest absolute Gasteiger partial charge is 0.303 e. The van der Waals surface area contributed by atoms with E-state index in [4.69, 9.17) is 10.8 Å². The van der Waals surface area contributed by atoms with E-state index < -0.39 is 17.7 Å². The number of nitrogens with two attached hydrogens (primary N) is 1. The summed E-state index contributed by atoms with van der Waals surface area (Å²) < 4.78 is 13.7. The lowest BCUT2D eigenvalue weighted by atomic mass is 10.0. The molecule has 0 aromatic heterocycles. The average molecular weight is 280 g/mol. The van der Waals surface area contributed by atoms with Crippen molar-refractivity contribution in [2.24, 2.45) is 11.7 Å². The highest BCUT2D eigenvalue weighted by Crippen LogP contribution is 2.30. The number of carbonyl (C=O) groups excluding carboxylic acids is 1. The molecule has 1 unspecified atom stereocenters. The number of benzene rings is 1. The van der Waals surface area contributed by atoms with Crippen molar-refractivity contribution >= 4 is 17.6 Å². The number of carboxylic acid groups (broad SMARTS) is 1. The molecular weight excluding hydrogens is 263 g/mol. The SMILES string of the molecule is NC(=O)c1c(F)cccc1N1CCC(CCC(=O)O)C1. The van der Waals surface area contributed by atoms with Gasteiger partial charge in [0.2, 0.25) is 0 Å². The van der Waals surface area contributed by atoms with E-state index in [0.717, 1.165) is 6.42 Å². The summed E-state index contributed by atoms with van der Waals surface area (Å²) in [6.45, 7) is 1.30. The molecule has 1 aromatic rings. The minimum absolute atomic E-state index is 0.0913. The second kappa shape index (κ2) is 5.90. The number of halogens is 1. The molecule has 1 atom stereocenters. The second-order valence-electron chi connectivity index (χ2n) is 5.03. The minimum atomic E-state index is -0.813. The van der Waals surface area contributed by atoms with E-state index in [9.17, 15) is 14.0 Å². The van der Waals surface area contributed by atoms with Gasteiger partial charge in [0.1, 0.15) is 5.82 Å². The van der Waals surface area contributed by atoms with Crippen LogP contribution in [-0.4, -0.2) is 30.1 Å². The van der Waals surface area contributed by atoms with Crippen molar-refractivity contribution < 1.29 is 19.1 Å². The summed E-state index contributed by atoms with van der Waals surface area (Å²) in [6.07, 6.45) is 1.55. The molecule has 20 heavy (non-hydrogen) atoms. The molecule has 2 rings (SSSR count). The summed E-state index contributed by atoms with van der Waals surface area (Å²) in [5, 5.41) is 8.69. The van der Waals surface area contributed by atoms with Gasteiger partial charge in [0.05, 0.1) is 11.3 Å². The van der Waals surface area contributed by atoms with E-state index in [0.29, 0.717) is 25.2 Å². The lowest BCUT2D eigenvalue weighted by Crippen LogP contribution is -2.25. The zero-order chi connectivity index (χ0) is 14.7. The molecule has 0 bridgehead atoms. The molecule has 6 heteroatoms. The predicted octanol–water partition coefficient (Wildman–Crippen LogP) is 1.62. The zero-order valence-corrected chi connectivity index (χ0v) is 11.0. The van der Waals surface area contributed by atoms with Crippen LogP contribution in [0.5, 0.6) is 0 Å². The number of rotatable bonds is 5. The van der Waals surface area contributed by atoms with E-state index in [1.807, 2.05) is 4.90 Å². The van der Waals surface area contributed by atoms with Crippen LogP contribution < -0.4 is 10.6 Å². The van der Waals surface area contributed by atoms with Crippen molar-refractivity contribution in [3.63, 3.8) is 0 Å². The molecule has 1 amide bonds. The molecule has 1 aliphatic rings. The lowest BCUT2D eigenvalue weighted by molar-refractivity contribution is -0.137. The van der Waals surface area contributed by atoms with Crippen LogP contribution in [0.4, 0.5) is 10.1 Å². The van der Waals surface area contributed by atoms with Crippen molar-refractivity contribution in [1.29, 1.82) is 0 Å². The van der Waals surface area contributed by atoms with Gasteiger partial charge in [-0.2, -0.15) is 0 Å². The molecule has 1 fully saturated rings. The van der Waals surface area contributed by atoms with E-state index in [1.54, 1.807) is 12.1 Å². The van der Waals surface area contributed by atoms with Crippen LogP contribution in [0.15, 0.2) is 18.2 Å². The van der Waals surface area contributed by atoms with Crippen LogP contribution in [0.3, 0.4) is 0 Å². The predicted molar refractivity (Wildman–Crippen MR) is 72.1 cm³/mol. The first-order valence-electron chi connectivity index (χ1n) is 6.54. The van der Waals surface area contributed by atoms with E-state index in [2.05, 4.69) is 0 Å². The number of hydrogen-bond acceptors (Lipinski definition) is 3. The highest BCUT2D eigenvalue weighted by Gasteiger charge is 2.26. The molecule has 1 aromatic carbocycles. The topological polar surface area (TPSA) is 83.6 Å². The highest BCUT2D eigenvalue weighted by molar-refractivity contribution is 5.99. The highest BCUT2D eigenvalue weighted by atomic mass is 19.1. The standard InChI is InChI=1S/C14H17FN2O3/c15-10-2-1-3-11(13(10)14(16)20)17-7-6-9(8-17)4-5-12(18)19/h1-3,9H,4-8H2,(H2,16,20)(H,18,19). The molecule has 1 saturated heterocycles. The number of anilines is 1. The Morgan fingerprint density at radius 3 is 2.85 bits per heavy atom. The van der Waals surface area contributed by atoms with Crippen molar-refractivity contribution in [2.45, 2.75) is 19.3 Å². The fourth-order valence-electron chi connectivity index (χ4n) is 2.63. The van der Waals surface area contributed by atoms with Crippen molar-refractivity contribution in [3.8, 4) is 0 Å². The van der Waals surface area contributed by atoms with Crippen LogP contribution in [0, 0.1) is 11.7 Å². The number of primary amides is 1. The Labute approximate surface area is 116 Å². The Morgan fingerprint density at radius 2 is 2.20 bits per heavy atom. The molecule has 108 valence electrons. The third-order valence-electron chi connectivity index (χ3n) is 3.63. The summed E-state index contributed by atoms with van der Waals surface area (Å²) >= 11 is 0. The first-order valence-corrected chi connectivity index (χ1v) is 6.54. The molecule has 1 heterocycles. The van der Waals surface area contributed by atoms with Crippen LogP contribution in [-0.2, 0) is 4.79 Å². The van der Waals surface area contributed by atoms with Gasteiger partial charge in [0, 0.05) is 19.5 Å². The number of amides is 1. The third kappa shape index (κ3) is 3.07. The van der Waals surface area contributed by atoms with Gasteiger partial charge in [-0.3, -0.25) is 9.59 Å². The minimum Gasteiger partial charge on any atom is -0.481 e. The first-order chi connectivity index (χ1) is 9.49. The summed E-state index contributed by atoms with van der Waals surface area (Å²) in [4.78, 5) is 23.8. The quantitative estimate of drug-likeness (QED) is 0.858. The van der Waals surface area contributed by atoms with Gasteiger partial charge >= 0.3 is 5.97 Å². The Bertz CT molecular complexity index is 533. The van der Waals surface area contributed by atoms with Crippen molar-refractivity contribution in [3.05, 3.63) is 29.6 Å². The van der Waals surface area contributed by atoms with Gasteiger partial charge in [-0.1, -0.05) is 6.07 Å². The van der Waals surface area contributed by atoms with Crippen molar-refractivity contribution in [1.82, 2.24) is 0 Å². The van der Waals surface area contributed by atoms with Gasteiger partial charge in [-0.15, -0.1) is 0 Å². The second-order valence-corrected chi connectivity index (χ2v) is 5.03. The summed E-state index contributed by atoms with van der Waals surface area (Å²) in [6, 6.07) is 4.42. The Morgan fingerprint density at radius 1 is 1.45 bits per heavy atom. The van der Waals surface area contributed by atoms with Gasteiger partial charge in [-0.25, -0.2) is 4.39 Å². The maximum absolute atomic E-state index is 13.7. The monoisotopic (exact) mass is 280 g/mol. The van der Waals surface area contributed by atoms with Crippen LogP contribution in [0.2, 0.25) is 0 Å². The largest absolute Gasteiger partial charge is 0.481 e. The molecular formula is C14H17FN2O3. The first kappa shape index (κ1) is 14.3. The van der Waals surface area contributed by atoms with Crippen LogP contribution >= 0.6 is 0 Å². The number of aliphatic carboxylic acids is 1. The van der Waals surface area contributed by atoms with Crippen LogP contribution in [0.1, 0.15) is 29.6 Å². The zero-order valence-electron chi connectivity index (χ0n) is 11.0. The number of carbonyl (C=O) groups is 2. The number of carboxylic acids is 1. The van der Waals surface area contributed by atoms with Gasteiger partial charge in [0.25, 0.3) is 5.91 Å². The van der Waals surface area contributed by atoms with Crippen LogP contribution in [0.25, 0.3) is 0 Å². The van der Waals surface area contributed by atoms with Gasteiger partial charge in [0.15, 0.2) is 0 Å². The van der Waals surface area contributed by atoms with E-state index in [1.165, 1.54) is 6.07 Å².